The standard InChI is InChI=1S/C15H22N4O/c1-19(2)8-4-3-7-17-15(20)13-10-18-14-9-11(16)5-6-12(13)14/h5-6,9-10,18H,3-4,7-8,16H2,1-2H3,(H,17,20). The van der Waals surface area contributed by atoms with E-state index in [0.717, 1.165) is 30.3 Å². The number of hydrogen-bond donors (Lipinski definition) is 3. The molecule has 1 amide bonds. The molecule has 0 fully saturated rings. The van der Waals surface area contributed by atoms with Crippen LogP contribution in [-0.4, -0.2) is 43.0 Å². The Bertz CT molecular complexity index is 589. The van der Waals surface area contributed by atoms with Crippen LogP contribution in [-0.2, 0) is 0 Å². The number of carbonyl (C=O) groups excluding carboxylic acids is 1. The number of amides is 1. The van der Waals surface area contributed by atoms with Crippen molar-refractivity contribution in [2.75, 3.05) is 32.9 Å². The van der Waals surface area contributed by atoms with Gasteiger partial charge >= 0.3 is 0 Å². The zero-order valence-electron chi connectivity index (χ0n) is 12.1. The number of aromatic nitrogens is 1. The molecule has 0 aliphatic heterocycles. The summed E-state index contributed by atoms with van der Waals surface area (Å²) in [7, 11) is 4.10. The first kappa shape index (κ1) is 14.4. The third-order valence-electron chi connectivity index (χ3n) is 3.27. The molecule has 0 aliphatic rings. The molecular weight excluding hydrogens is 252 g/mol. The molecule has 0 saturated carbocycles. The van der Waals surface area contributed by atoms with Crippen LogP contribution in [0.1, 0.15) is 23.2 Å². The first-order valence-electron chi connectivity index (χ1n) is 6.87. The summed E-state index contributed by atoms with van der Waals surface area (Å²) >= 11 is 0. The molecule has 2 rings (SSSR count). The maximum absolute atomic E-state index is 12.1. The van der Waals surface area contributed by atoms with Gasteiger partial charge in [0.25, 0.3) is 5.91 Å². The molecule has 0 spiro atoms. The summed E-state index contributed by atoms with van der Waals surface area (Å²) in [5, 5.41) is 3.86. The van der Waals surface area contributed by atoms with Crippen molar-refractivity contribution in [2.45, 2.75) is 12.8 Å². The van der Waals surface area contributed by atoms with Gasteiger partial charge in [-0.3, -0.25) is 4.79 Å². The summed E-state index contributed by atoms with van der Waals surface area (Å²) in [5.41, 5.74) is 7.98. The van der Waals surface area contributed by atoms with E-state index in [1.165, 1.54) is 0 Å². The number of H-pyrrole nitrogens is 1. The SMILES string of the molecule is CN(C)CCCCNC(=O)c1c[nH]c2cc(N)ccc12. The molecule has 1 heterocycles. The number of nitrogens with zero attached hydrogens (tertiary/aromatic N) is 1. The molecule has 0 saturated heterocycles. The number of carbonyl (C=O) groups is 1. The summed E-state index contributed by atoms with van der Waals surface area (Å²) in [6, 6.07) is 5.52. The summed E-state index contributed by atoms with van der Waals surface area (Å²) in [6.45, 7) is 1.75. The average Bonchev–Trinajstić information content (AvgIpc) is 2.80. The Morgan fingerprint density at radius 2 is 2.15 bits per heavy atom. The fraction of sp³-hybridized carbons (Fsp3) is 0.400. The molecule has 0 unspecified atom stereocenters. The highest BCUT2D eigenvalue weighted by Gasteiger charge is 2.11. The van der Waals surface area contributed by atoms with Gasteiger partial charge in [-0.15, -0.1) is 0 Å². The number of nitrogens with one attached hydrogen (secondary N) is 2. The van der Waals surface area contributed by atoms with Crippen LogP contribution < -0.4 is 11.1 Å². The van der Waals surface area contributed by atoms with Crippen molar-refractivity contribution in [2.24, 2.45) is 0 Å². The van der Waals surface area contributed by atoms with E-state index >= 15 is 0 Å². The molecular formula is C15H22N4O. The number of nitrogen functional groups attached to an aromatic ring is 1. The van der Waals surface area contributed by atoms with Crippen molar-refractivity contribution < 1.29 is 4.79 Å². The minimum Gasteiger partial charge on any atom is -0.399 e. The first-order valence-corrected chi connectivity index (χ1v) is 6.87. The lowest BCUT2D eigenvalue weighted by atomic mass is 10.1. The van der Waals surface area contributed by atoms with Crippen LogP contribution in [0.15, 0.2) is 24.4 Å². The zero-order valence-corrected chi connectivity index (χ0v) is 12.1. The van der Waals surface area contributed by atoms with E-state index in [0.29, 0.717) is 17.8 Å². The van der Waals surface area contributed by atoms with E-state index in [9.17, 15) is 4.79 Å². The summed E-state index contributed by atoms with van der Waals surface area (Å²) in [6.07, 6.45) is 3.80. The van der Waals surface area contributed by atoms with Crippen LogP contribution >= 0.6 is 0 Å². The van der Waals surface area contributed by atoms with E-state index in [1.54, 1.807) is 6.20 Å². The van der Waals surface area contributed by atoms with E-state index in [2.05, 4.69) is 29.3 Å². The Kier molecular flexibility index (Phi) is 4.63. The number of hydrogen-bond acceptors (Lipinski definition) is 3. The van der Waals surface area contributed by atoms with Crippen molar-refractivity contribution >= 4 is 22.5 Å². The summed E-state index contributed by atoms with van der Waals surface area (Å²) < 4.78 is 0. The maximum atomic E-state index is 12.1. The van der Waals surface area contributed by atoms with E-state index in [-0.39, 0.29) is 5.91 Å². The predicted octanol–water partition coefficient (Wildman–Crippen LogP) is 1.82. The highest BCUT2D eigenvalue weighted by atomic mass is 16.1. The number of benzene rings is 1. The lowest BCUT2D eigenvalue weighted by Gasteiger charge is -2.09. The van der Waals surface area contributed by atoms with E-state index in [1.807, 2.05) is 18.2 Å². The van der Waals surface area contributed by atoms with Crippen LogP contribution in [0.3, 0.4) is 0 Å². The third-order valence-corrected chi connectivity index (χ3v) is 3.27. The average molecular weight is 274 g/mol. The molecule has 0 radical (unpaired) electrons. The molecule has 1 aromatic heterocycles. The smallest absolute Gasteiger partial charge is 0.253 e. The molecule has 108 valence electrons. The van der Waals surface area contributed by atoms with Crippen molar-refractivity contribution in [1.29, 1.82) is 0 Å². The lowest BCUT2D eigenvalue weighted by molar-refractivity contribution is 0.0954. The molecule has 0 aliphatic carbocycles. The van der Waals surface area contributed by atoms with E-state index < -0.39 is 0 Å². The van der Waals surface area contributed by atoms with Crippen molar-refractivity contribution in [3.05, 3.63) is 30.0 Å². The number of aromatic amines is 1. The van der Waals surface area contributed by atoms with Gasteiger partial charge in [-0.2, -0.15) is 0 Å². The van der Waals surface area contributed by atoms with Gasteiger partial charge in [0.05, 0.1) is 5.56 Å². The topological polar surface area (TPSA) is 74.2 Å². The highest BCUT2D eigenvalue weighted by molar-refractivity contribution is 6.07. The molecule has 5 nitrogen and oxygen atoms in total. The number of rotatable bonds is 6. The number of anilines is 1. The molecule has 1 aromatic carbocycles. The Morgan fingerprint density at radius 1 is 1.35 bits per heavy atom. The fourth-order valence-corrected chi connectivity index (χ4v) is 2.18. The maximum Gasteiger partial charge on any atom is 0.253 e. The third kappa shape index (κ3) is 3.51. The van der Waals surface area contributed by atoms with Crippen molar-refractivity contribution in [1.82, 2.24) is 15.2 Å². The van der Waals surface area contributed by atoms with E-state index in [4.69, 9.17) is 5.73 Å². The van der Waals surface area contributed by atoms with Crippen LogP contribution in [0.5, 0.6) is 0 Å². The van der Waals surface area contributed by atoms with Crippen LogP contribution in [0.4, 0.5) is 5.69 Å². The van der Waals surface area contributed by atoms with Gasteiger partial charge in [0, 0.05) is 29.3 Å². The first-order chi connectivity index (χ1) is 9.58. The molecule has 2 aromatic rings. The second-order valence-corrected chi connectivity index (χ2v) is 5.27. The Hall–Kier alpha value is -2.01. The minimum atomic E-state index is -0.0362. The summed E-state index contributed by atoms with van der Waals surface area (Å²) in [5.74, 6) is -0.0362. The zero-order chi connectivity index (χ0) is 14.5. The van der Waals surface area contributed by atoms with Crippen molar-refractivity contribution in [3.63, 3.8) is 0 Å². The van der Waals surface area contributed by atoms with Gasteiger partial charge in [0.2, 0.25) is 0 Å². The Morgan fingerprint density at radius 3 is 2.90 bits per heavy atom. The predicted molar refractivity (Wildman–Crippen MR) is 82.8 cm³/mol. The number of fused-ring (bicyclic) bond motifs is 1. The highest BCUT2D eigenvalue weighted by Crippen LogP contribution is 2.20. The number of unbranched alkanes of at least 4 members (excludes halogenated alkanes) is 1. The Balaban J connectivity index is 1.91. The van der Waals surface area contributed by atoms with Crippen LogP contribution in [0.2, 0.25) is 0 Å². The van der Waals surface area contributed by atoms with Gasteiger partial charge in [-0.1, -0.05) is 0 Å². The second kappa shape index (κ2) is 6.43. The molecule has 4 N–H and O–H groups in total. The molecule has 20 heavy (non-hydrogen) atoms. The Labute approximate surface area is 119 Å². The minimum absolute atomic E-state index is 0.0362. The van der Waals surface area contributed by atoms with Gasteiger partial charge in [-0.25, -0.2) is 0 Å². The van der Waals surface area contributed by atoms with Gasteiger partial charge in [0.15, 0.2) is 0 Å². The van der Waals surface area contributed by atoms with Gasteiger partial charge < -0.3 is 20.9 Å². The normalized spacial score (nSPS) is 11.2. The summed E-state index contributed by atoms with van der Waals surface area (Å²) in [4.78, 5) is 17.4. The quantitative estimate of drug-likeness (QED) is 0.555. The largest absolute Gasteiger partial charge is 0.399 e. The monoisotopic (exact) mass is 274 g/mol. The molecule has 5 heteroatoms. The van der Waals surface area contributed by atoms with Crippen molar-refractivity contribution in [3.8, 4) is 0 Å². The number of nitrogens with two attached hydrogens (primary N) is 1. The fourth-order valence-electron chi connectivity index (χ4n) is 2.18. The van der Waals surface area contributed by atoms with Gasteiger partial charge in [0.1, 0.15) is 0 Å². The lowest BCUT2D eigenvalue weighted by Crippen LogP contribution is -2.25. The second-order valence-electron chi connectivity index (χ2n) is 5.27. The van der Waals surface area contributed by atoms with Crippen LogP contribution in [0.25, 0.3) is 10.9 Å². The molecule has 0 bridgehead atoms. The van der Waals surface area contributed by atoms with Crippen LogP contribution in [0, 0.1) is 0 Å². The molecule has 0 atom stereocenters. The van der Waals surface area contributed by atoms with Gasteiger partial charge in [-0.05, 0) is 51.7 Å².